The van der Waals surface area contributed by atoms with Gasteiger partial charge in [0, 0.05) is 63.3 Å². The molecule has 4 aromatic rings. The first kappa shape index (κ1) is 25.0. The summed E-state index contributed by atoms with van der Waals surface area (Å²) < 4.78 is 9.80. The Labute approximate surface area is 223 Å². The molecule has 0 amide bonds. The Morgan fingerprint density at radius 1 is 1.03 bits per heavy atom. The van der Waals surface area contributed by atoms with E-state index in [0.717, 1.165) is 72.4 Å². The molecular formula is C29H37N7O2. The lowest BCUT2D eigenvalue weighted by molar-refractivity contribution is -0.0402. The molecule has 9 nitrogen and oxygen atoms in total. The zero-order chi connectivity index (χ0) is 26.6. The summed E-state index contributed by atoms with van der Waals surface area (Å²) in [4.78, 5) is 27.0. The van der Waals surface area contributed by atoms with Crippen molar-refractivity contribution in [3.8, 4) is 0 Å². The van der Waals surface area contributed by atoms with Crippen molar-refractivity contribution in [3.63, 3.8) is 0 Å². The molecule has 200 valence electrons. The molecule has 0 saturated carbocycles. The van der Waals surface area contributed by atoms with E-state index in [2.05, 4.69) is 65.7 Å². The highest BCUT2D eigenvalue weighted by molar-refractivity contribution is 5.90. The second kappa shape index (κ2) is 9.78. The number of fused-ring (bicyclic) bond motifs is 2. The van der Waals surface area contributed by atoms with Gasteiger partial charge in [0.05, 0.1) is 27.9 Å². The monoisotopic (exact) mass is 515 g/mol. The van der Waals surface area contributed by atoms with Crippen LogP contribution in [0.1, 0.15) is 63.6 Å². The Balaban J connectivity index is 1.32. The minimum Gasteiger partial charge on any atom is -0.364 e. The molecular weight excluding hydrogens is 478 g/mol. The maximum absolute atomic E-state index is 13.1. The number of benzene rings is 1. The molecule has 9 heteroatoms. The van der Waals surface area contributed by atoms with Gasteiger partial charge in [-0.15, -0.1) is 0 Å². The fourth-order valence-corrected chi connectivity index (χ4v) is 6.35. The van der Waals surface area contributed by atoms with Gasteiger partial charge in [-0.2, -0.15) is 5.10 Å². The quantitative estimate of drug-likeness (QED) is 0.400. The van der Waals surface area contributed by atoms with Crippen molar-refractivity contribution in [1.82, 2.24) is 29.2 Å². The summed E-state index contributed by atoms with van der Waals surface area (Å²) in [6.07, 6.45) is 6.57. The SMILES string of the molecule is Cc1c2c(nn1C1CCCCO1)c(N1C[C@@H](C)N(C(C)c3ccc4nccnc4c3)C[C@@H]1C)cc(=O)n2C. The number of aryl methyl sites for hydroxylation is 2. The van der Waals surface area contributed by atoms with Crippen LogP contribution in [0.3, 0.4) is 0 Å². The van der Waals surface area contributed by atoms with Crippen LogP contribution in [0.5, 0.6) is 0 Å². The maximum atomic E-state index is 13.1. The molecule has 4 atom stereocenters. The standard InChI is InChI=1S/C29H37N7O2/c1-18-17-35(19(2)16-34(18)20(3)22-9-10-23-24(14-22)31-12-11-30-23)25-15-26(37)33(5)29-21(4)36(32-28(25)29)27-8-6-7-13-38-27/h9-12,14-15,18-20,27H,6-8,13,16-17H2,1-5H3/t18-,19+,20?,27?/m1/s1. The van der Waals surface area contributed by atoms with Crippen molar-refractivity contribution < 1.29 is 4.74 Å². The minimum absolute atomic E-state index is 0.00682. The molecule has 1 aromatic carbocycles. The van der Waals surface area contributed by atoms with Gasteiger partial charge in [0.25, 0.3) is 5.56 Å². The normalized spacial score (nSPS) is 23.8. The van der Waals surface area contributed by atoms with Crippen LogP contribution in [-0.4, -0.2) is 61.0 Å². The Morgan fingerprint density at radius 3 is 2.58 bits per heavy atom. The lowest BCUT2D eigenvalue weighted by Crippen LogP contribution is -2.57. The minimum atomic E-state index is -0.0696. The number of nitrogens with zero attached hydrogens (tertiary/aromatic N) is 7. The molecule has 2 fully saturated rings. The third kappa shape index (κ3) is 4.18. The second-order valence-electron chi connectivity index (χ2n) is 11.0. The fraction of sp³-hybridized carbons (Fsp3) is 0.517. The molecule has 2 unspecified atom stereocenters. The number of anilines is 1. The summed E-state index contributed by atoms with van der Waals surface area (Å²) in [6.45, 7) is 11.3. The molecule has 5 heterocycles. The van der Waals surface area contributed by atoms with E-state index in [4.69, 9.17) is 9.84 Å². The number of hydrogen-bond donors (Lipinski definition) is 0. The third-order valence-electron chi connectivity index (χ3n) is 8.53. The van der Waals surface area contributed by atoms with Crippen LogP contribution in [0, 0.1) is 6.92 Å². The lowest BCUT2D eigenvalue weighted by Gasteiger charge is -2.47. The molecule has 2 saturated heterocycles. The molecule has 0 aliphatic carbocycles. The smallest absolute Gasteiger partial charge is 0.252 e. The molecule has 2 aliphatic rings. The predicted octanol–water partition coefficient (Wildman–Crippen LogP) is 4.35. The molecule has 6 rings (SSSR count). The first-order valence-corrected chi connectivity index (χ1v) is 13.8. The van der Waals surface area contributed by atoms with Gasteiger partial charge >= 0.3 is 0 Å². The summed E-state index contributed by atoms with van der Waals surface area (Å²) in [6, 6.07) is 8.87. The van der Waals surface area contributed by atoms with E-state index in [-0.39, 0.29) is 29.9 Å². The molecule has 3 aromatic heterocycles. The molecule has 2 aliphatic heterocycles. The Bertz CT molecular complexity index is 1540. The van der Waals surface area contributed by atoms with Crippen LogP contribution in [-0.2, 0) is 11.8 Å². The zero-order valence-electron chi connectivity index (χ0n) is 23.0. The van der Waals surface area contributed by atoms with Gasteiger partial charge in [-0.25, -0.2) is 4.68 Å². The van der Waals surface area contributed by atoms with Gasteiger partial charge in [-0.05, 0) is 64.7 Å². The largest absolute Gasteiger partial charge is 0.364 e. The van der Waals surface area contributed by atoms with Gasteiger partial charge in [0.15, 0.2) is 6.23 Å². The number of hydrogen-bond acceptors (Lipinski definition) is 7. The second-order valence-corrected chi connectivity index (χ2v) is 11.0. The van der Waals surface area contributed by atoms with Crippen molar-refractivity contribution in [2.75, 3.05) is 24.6 Å². The van der Waals surface area contributed by atoms with Gasteiger partial charge < -0.3 is 14.2 Å². The number of pyridine rings is 1. The van der Waals surface area contributed by atoms with Gasteiger partial charge in [-0.1, -0.05) is 6.07 Å². The van der Waals surface area contributed by atoms with E-state index < -0.39 is 0 Å². The van der Waals surface area contributed by atoms with E-state index in [0.29, 0.717) is 0 Å². The van der Waals surface area contributed by atoms with Crippen LogP contribution >= 0.6 is 0 Å². The topological polar surface area (TPSA) is 81.3 Å². The van der Waals surface area contributed by atoms with Crippen molar-refractivity contribution in [3.05, 3.63) is 58.3 Å². The van der Waals surface area contributed by atoms with E-state index in [1.54, 1.807) is 23.0 Å². The molecule has 0 N–H and O–H groups in total. The zero-order valence-corrected chi connectivity index (χ0v) is 23.0. The summed E-state index contributed by atoms with van der Waals surface area (Å²) in [5.74, 6) is 0. The Morgan fingerprint density at radius 2 is 1.82 bits per heavy atom. The summed E-state index contributed by atoms with van der Waals surface area (Å²) >= 11 is 0. The van der Waals surface area contributed by atoms with Gasteiger partial charge in [-0.3, -0.25) is 19.7 Å². The van der Waals surface area contributed by atoms with Crippen LogP contribution in [0.2, 0.25) is 0 Å². The summed E-state index contributed by atoms with van der Waals surface area (Å²) in [7, 11) is 1.84. The lowest BCUT2D eigenvalue weighted by atomic mass is 9.99. The van der Waals surface area contributed by atoms with E-state index in [1.165, 1.54) is 5.56 Å². The summed E-state index contributed by atoms with van der Waals surface area (Å²) in [5.41, 5.74) is 6.76. The molecule has 38 heavy (non-hydrogen) atoms. The highest BCUT2D eigenvalue weighted by atomic mass is 16.5. The number of piperazine rings is 1. The number of rotatable bonds is 4. The van der Waals surface area contributed by atoms with E-state index in [9.17, 15) is 4.79 Å². The van der Waals surface area contributed by atoms with Gasteiger partial charge in [0.1, 0.15) is 5.52 Å². The van der Waals surface area contributed by atoms with Crippen molar-refractivity contribution in [1.29, 1.82) is 0 Å². The fourth-order valence-electron chi connectivity index (χ4n) is 6.35. The van der Waals surface area contributed by atoms with E-state index >= 15 is 0 Å². The third-order valence-corrected chi connectivity index (χ3v) is 8.53. The van der Waals surface area contributed by atoms with Crippen LogP contribution in [0.25, 0.3) is 22.1 Å². The van der Waals surface area contributed by atoms with Crippen LogP contribution in [0.15, 0.2) is 41.5 Å². The van der Waals surface area contributed by atoms with Crippen molar-refractivity contribution in [2.24, 2.45) is 7.05 Å². The Kier molecular flexibility index (Phi) is 6.44. The molecule has 0 bridgehead atoms. The molecule has 0 radical (unpaired) electrons. The average Bonchev–Trinajstić information content (AvgIpc) is 3.29. The van der Waals surface area contributed by atoms with Crippen molar-refractivity contribution in [2.45, 2.75) is 71.3 Å². The van der Waals surface area contributed by atoms with Gasteiger partial charge in [0.2, 0.25) is 0 Å². The number of aromatic nitrogens is 5. The first-order valence-electron chi connectivity index (χ1n) is 13.8. The highest BCUT2D eigenvalue weighted by Gasteiger charge is 2.34. The number of ether oxygens (including phenoxy) is 1. The van der Waals surface area contributed by atoms with Crippen molar-refractivity contribution >= 4 is 27.8 Å². The Hall–Kier alpha value is -3.30. The molecule has 0 spiro atoms. The average molecular weight is 516 g/mol. The van der Waals surface area contributed by atoms with Crippen LogP contribution < -0.4 is 10.5 Å². The predicted molar refractivity (Wildman–Crippen MR) is 149 cm³/mol. The maximum Gasteiger partial charge on any atom is 0.252 e. The summed E-state index contributed by atoms with van der Waals surface area (Å²) in [5, 5.41) is 5.07. The van der Waals surface area contributed by atoms with E-state index in [1.807, 2.05) is 11.7 Å². The van der Waals surface area contributed by atoms with Crippen LogP contribution in [0.4, 0.5) is 5.69 Å². The highest BCUT2D eigenvalue weighted by Crippen LogP contribution is 2.35. The first-order chi connectivity index (χ1) is 18.3.